The van der Waals surface area contributed by atoms with Crippen molar-refractivity contribution in [1.82, 2.24) is 0 Å². The van der Waals surface area contributed by atoms with Gasteiger partial charge >= 0.3 is 0 Å². The van der Waals surface area contributed by atoms with Crippen molar-refractivity contribution in [2.75, 3.05) is 7.11 Å². The van der Waals surface area contributed by atoms with Gasteiger partial charge in [-0.15, -0.1) is 0 Å². The first-order chi connectivity index (χ1) is 3.18. The van der Waals surface area contributed by atoms with Gasteiger partial charge in [0.15, 0.2) is 0 Å². The molecule has 0 fully saturated rings. The maximum Gasteiger partial charge on any atom is 0.0802 e. The summed E-state index contributed by atoms with van der Waals surface area (Å²) in [6.07, 6.45) is -0.759. The summed E-state index contributed by atoms with van der Waals surface area (Å²) in [6.45, 7) is 5.10. The first-order valence-corrected chi connectivity index (χ1v) is 2.22. The van der Waals surface area contributed by atoms with Crippen molar-refractivity contribution >= 4 is 0 Å². The fourth-order valence-electron chi connectivity index (χ4n) is 0.157. The van der Waals surface area contributed by atoms with E-state index in [4.69, 9.17) is 9.84 Å². The molecule has 0 amide bonds. The average molecular weight is 103 g/mol. The lowest BCUT2D eigenvalue weighted by atomic mass is 10.3. The van der Waals surface area contributed by atoms with Gasteiger partial charge in [0.25, 0.3) is 0 Å². The van der Waals surface area contributed by atoms with Crippen molar-refractivity contribution in [3.8, 4) is 0 Å². The molecule has 0 aliphatic rings. The van der Waals surface area contributed by atoms with Crippen LogP contribution >= 0.6 is 0 Å². The molecule has 2 atom stereocenters. The van der Waals surface area contributed by atoms with Gasteiger partial charge in [-0.05, 0) is 13.8 Å². The molecule has 0 aliphatic carbocycles. The lowest BCUT2D eigenvalue weighted by Crippen LogP contribution is -2.20. The molecule has 0 heterocycles. The van der Waals surface area contributed by atoms with Crippen LogP contribution in [-0.2, 0) is 4.74 Å². The van der Waals surface area contributed by atoms with Gasteiger partial charge < -0.3 is 9.84 Å². The van der Waals surface area contributed by atoms with Crippen LogP contribution in [0.15, 0.2) is 0 Å². The highest BCUT2D eigenvalue weighted by Gasteiger charge is 2.04. The van der Waals surface area contributed by atoms with E-state index in [1.807, 2.05) is 0 Å². The summed E-state index contributed by atoms with van der Waals surface area (Å²) in [7, 11) is 1.54. The Morgan fingerprint density at radius 1 is 1.71 bits per heavy atom. The molecular weight excluding hydrogens is 92.1 g/mol. The number of methoxy groups -OCH3 is 1. The Kier molecular flexibility index (Phi) is 2.96. The molecule has 43 valence electrons. The van der Waals surface area contributed by atoms with Crippen LogP contribution in [-0.4, -0.2) is 24.4 Å². The Hall–Kier alpha value is -0.0800. The number of hydrogen-bond acceptors (Lipinski definition) is 2. The summed E-state index contributed by atoms with van der Waals surface area (Å²) in [5.41, 5.74) is 0. The third kappa shape index (κ3) is 2.60. The molecule has 0 aromatic rings. The zero-order chi connectivity index (χ0) is 5.86. The minimum atomic E-state index is -0.606. The summed E-state index contributed by atoms with van der Waals surface area (Å²) in [5.74, 6) is 0. The molecule has 2 heteroatoms. The molecule has 0 aromatic carbocycles. The highest BCUT2D eigenvalue weighted by atomic mass is 16.5. The molecule has 0 saturated carbocycles. The number of ether oxygens (including phenoxy) is 1. The van der Waals surface area contributed by atoms with Crippen molar-refractivity contribution in [1.29, 1.82) is 0 Å². The van der Waals surface area contributed by atoms with Crippen molar-refractivity contribution in [2.45, 2.75) is 19.1 Å². The molecule has 0 rings (SSSR count). The van der Waals surface area contributed by atoms with E-state index >= 15 is 0 Å². The van der Waals surface area contributed by atoms with E-state index in [-0.39, 0.29) is 6.10 Å². The van der Waals surface area contributed by atoms with Gasteiger partial charge in [-0.1, -0.05) is 0 Å². The number of hydrogen-bond donors (Lipinski definition) is 1. The summed E-state index contributed by atoms with van der Waals surface area (Å²) < 4.78 is 4.70. The lowest BCUT2D eigenvalue weighted by molar-refractivity contribution is 0.0231. The second kappa shape index (κ2) is 2.99. The maximum atomic E-state index is 8.58. The predicted octanol–water partition coefficient (Wildman–Crippen LogP) is 0.216. The van der Waals surface area contributed by atoms with E-state index in [0.29, 0.717) is 0 Å². The highest BCUT2D eigenvalue weighted by molar-refractivity contribution is 4.63. The molecule has 7 heavy (non-hydrogen) atoms. The summed E-state index contributed by atoms with van der Waals surface area (Å²) in [6, 6.07) is 0. The van der Waals surface area contributed by atoms with Gasteiger partial charge in [0.2, 0.25) is 0 Å². The fraction of sp³-hybridized carbons (Fsp3) is 0.800. The van der Waals surface area contributed by atoms with E-state index in [2.05, 4.69) is 6.92 Å². The molecule has 1 radical (unpaired) electrons. The molecule has 0 aromatic heterocycles. The van der Waals surface area contributed by atoms with Crippen LogP contribution in [0.4, 0.5) is 0 Å². The van der Waals surface area contributed by atoms with E-state index < -0.39 is 6.10 Å². The Bertz CT molecular complexity index is 43.3. The third-order valence-corrected chi connectivity index (χ3v) is 0.914. The first kappa shape index (κ1) is 6.92. The Balaban J connectivity index is 3.14. The first-order valence-electron chi connectivity index (χ1n) is 2.22. The van der Waals surface area contributed by atoms with Crippen molar-refractivity contribution in [2.24, 2.45) is 0 Å². The molecule has 0 aliphatic heterocycles. The quantitative estimate of drug-likeness (QED) is 0.541. The van der Waals surface area contributed by atoms with Crippen LogP contribution in [0.25, 0.3) is 0 Å². The third-order valence-electron chi connectivity index (χ3n) is 0.914. The van der Waals surface area contributed by atoms with Crippen LogP contribution in [0, 0.1) is 6.92 Å². The van der Waals surface area contributed by atoms with Gasteiger partial charge in [-0.2, -0.15) is 0 Å². The zero-order valence-corrected chi connectivity index (χ0v) is 4.72. The highest BCUT2D eigenvalue weighted by Crippen LogP contribution is 1.92. The van der Waals surface area contributed by atoms with Gasteiger partial charge in [-0.25, -0.2) is 0 Å². The van der Waals surface area contributed by atoms with E-state index in [1.165, 1.54) is 0 Å². The minimum Gasteiger partial charge on any atom is -0.390 e. The van der Waals surface area contributed by atoms with Crippen molar-refractivity contribution < 1.29 is 9.84 Å². The minimum absolute atomic E-state index is 0.153. The molecule has 0 saturated heterocycles. The molecule has 0 spiro atoms. The second-order valence-corrected chi connectivity index (χ2v) is 1.51. The maximum absolute atomic E-state index is 8.58. The molecular formula is C5H11O2. The largest absolute Gasteiger partial charge is 0.390 e. The van der Waals surface area contributed by atoms with Gasteiger partial charge in [0.1, 0.15) is 0 Å². The molecule has 2 nitrogen and oxygen atoms in total. The van der Waals surface area contributed by atoms with E-state index in [1.54, 1.807) is 14.0 Å². The molecule has 1 N–H and O–H groups in total. The zero-order valence-electron chi connectivity index (χ0n) is 4.72. The van der Waals surface area contributed by atoms with E-state index in [0.717, 1.165) is 0 Å². The SMILES string of the molecule is [CH2]C(O)C(C)OC. The smallest absolute Gasteiger partial charge is 0.0802 e. The normalized spacial score (nSPS) is 18.9. The van der Waals surface area contributed by atoms with Crippen molar-refractivity contribution in [3.05, 3.63) is 6.92 Å². The number of aliphatic hydroxyl groups is 1. The fourth-order valence-corrected chi connectivity index (χ4v) is 0.157. The monoisotopic (exact) mass is 103 g/mol. The number of aliphatic hydroxyl groups excluding tert-OH is 1. The van der Waals surface area contributed by atoms with Crippen LogP contribution < -0.4 is 0 Å². The topological polar surface area (TPSA) is 29.5 Å². The second-order valence-electron chi connectivity index (χ2n) is 1.51. The molecule has 0 bridgehead atoms. The van der Waals surface area contributed by atoms with Crippen LogP contribution in [0.2, 0.25) is 0 Å². The van der Waals surface area contributed by atoms with Gasteiger partial charge in [0, 0.05) is 7.11 Å². The van der Waals surface area contributed by atoms with Crippen LogP contribution in [0.1, 0.15) is 6.92 Å². The van der Waals surface area contributed by atoms with Crippen LogP contribution in [0.3, 0.4) is 0 Å². The van der Waals surface area contributed by atoms with Crippen LogP contribution in [0.5, 0.6) is 0 Å². The lowest BCUT2D eigenvalue weighted by Gasteiger charge is -2.10. The number of rotatable bonds is 2. The van der Waals surface area contributed by atoms with Gasteiger partial charge in [0.05, 0.1) is 12.2 Å². The standard InChI is InChI=1S/C5H11O2/c1-4(6)5(2)7-3/h4-6H,1H2,2-3H3. The summed E-state index contributed by atoms with van der Waals surface area (Å²) in [4.78, 5) is 0. The summed E-state index contributed by atoms with van der Waals surface area (Å²) >= 11 is 0. The Labute approximate surface area is 44.1 Å². The Morgan fingerprint density at radius 2 is 2.14 bits per heavy atom. The predicted molar refractivity (Wildman–Crippen MR) is 27.8 cm³/mol. The average Bonchev–Trinajstić information content (AvgIpc) is 1.65. The van der Waals surface area contributed by atoms with Gasteiger partial charge in [-0.3, -0.25) is 0 Å². The van der Waals surface area contributed by atoms with E-state index in [9.17, 15) is 0 Å². The molecule has 2 unspecified atom stereocenters. The Morgan fingerprint density at radius 3 is 2.14 bits per heavy atom. The van der Waals surface area contributed by atoms with Crippen molar-refractivity contribution in [3.63, 3.8) is 0 Å². The summed E-state index contributed by atoms with van der Waals surface area (Å²) in [5, 5.41) is 8.58.